The van der Waals surface area contributed by atoms with Crippen molar-refractivity contribution in [2.24, 2.45) is 0 Å². The zero-order valence-electron chi connectivity index (χ0n) is 19.1. The van der Waals surface area contributed by atoms with Gasteiger partial charge in [-0.25, -0.2) is 8.42 Å². The summed E-state index contributed by atoms with van der Waals surface area (Å²) in [7, 11) is -1.86. The van der Waals surface area contributed by atoms with E-state index in [0.29, 0.717) is 17.1 Å². The van der Waals surface area contributed by atoms with E-state index in [1.807, 2.05) is 30.3 Å². The van der Waals surface area contributed by atoms with Gasteiger partial charge >= 0.3 is 0 Å². The second kappa shape index (κ2) is 8.78. The van der Waals surface area contributed by atoms with Crippen LogP contribution < -0.4 is 14.4 Å². The fourth-order valence-electron chi connectivity index (χ4n) is 3.90. The van der Waals surface area contributed by atoms with Crippen LogP contribution in [0.1, 0.15) is 13.8 Å². The second-order valence-corrected chi connectivity index (χ2v) is 9.98. The van der Waals surface area contributed by atoms with Crippen LogP contribution in [0.25, 0.3) is 21.8 Å². The molecular formula is C25H27N3O4S. The highest BCUT2D eigenvalue weighted by Crippen LogP contribution is 2.31. The van der Waals surface area contributed by atoms with E-state index in [1.165, 1.54) is 16.9 Å². The molecule has 7 nitrogen and oxygen atoms in total. The number of nitrogens with zero attached hydrogens (tertiary/aromatic N) is 2. The van der Waals surface area contributed by atoms with E-state index in [-0.39, 0.29) is 5.91 Å². The van der Waals surface area contributed by atoms with Crippen molar-refractivity contribution in [2.75, 3.05) is 22.9 Å². The van der Waals surface area contributed by atoms with Crippen LogP contribution in [-0.2, 0) is 21.4 Å². The van der Waals surface area contributed by atoms with Crippen molar-refractivity contribution in [3.05, 3.63) is 66.7 Å². The fourth-order valence-corrected chi connectivity index (χ4v) is 4.40. The molecule has 33 heavy (non-hydrogen) atoms. The van der Waals surface area contributed by atoms with E-state index < -0.39 is 16.1 Å². The molecule has 1 atom stereocenters. The zero-order valence-corrected chi connectivity index (χ0v) is 19.9. The molecule has 0 saturated heterocycles. The maximum Gasteiger partial charge on any atom is 0.265 e. The minimum Gasteiger partial charge on any atom is -0.481 e. The molecule has 3 aromatic carbocycles. The Kier molecular flexibility index (Phi) is 6.03. The predicted molar refractivity (Wildman–Crippen MR) is 134 cm³/mol. The van der Waals surface area contributed by atoms with Crippen molar-refractivity contribution in [2.45, 2.75) is 26.5 Å². The number of carbonyl (C=O) groups excluding carboxylic acids is 1. The third kappa shape index (κ3) is 4.52. The molecule has 1 aromatic heterocycles. The molecule has 0 radical (unpaired) electrons. The molecule has 0 bridgehead atoms. The smallest absolute Gasteiger partial charge is 0.265 e. The first-order valence-corrected chi connectivity index (χ1v) is 12.6. The number of benzene rings is 3. The van der Waals surface area contributed by atoms with E-state index in [2.05, 4.69) is 28.9 Å². The van der Waals surface area contributed by atoms with Gasteiger partial charge < -0.3 is 14.6 Å². The number of rotatable bonds is 7. The molecule has 0 aliphatic heterocycles. The van der Waals surface area contributed by atoms with Crippen molar-refractivity contribution >= 4 is 49.1 Å². The Morgan fingerprint density at radius 1 is 1.03 bits per heavy atom. The molecule has 4 aromatic rings. The van der Waals surface area contributed by atoms with E-state index in [0.717, 1.165) is 29.1 Å². The standard InChI is InChI=1S/C25H27N3O4S/c1-5-28-23-9-7-6-8-21(23)22-16-18(10-15-24(22)28)26-25(29)17(2)32-20-13-11-19(12-14-20)27(3)33(4,30)31/h6-17H,5H2,1-4H3,(H,26,29)/t17-/m0/s1. The Morgan fingerprint density at radius 2 is 1.70 bits per heavy atom. The molecule has 0 spiro atoms. The average Bonchev–Trinajstić information content (AvgIpc) is 3.11. The van der Waals surface area contributed by atoms with Crippen molar-refractivity contribution in [3.8, 4) is 5.75 Å². The summed E-state index contributed by atoms with van der Waals surface area (Å²) >= 11 is 0. The van der Waals surface area contributed by atoms with Gasteiger partial charge in [0.25, 0.3) is 5.91 Å². The van der Waals surface area contributed by atoms with Crippen LogP contribution >= 0.6 is 0 Å². The topological polar surface area (TPSA) is 80.6 Å². The molecule has 1 heterocycles. The number of sulfonamides is 1. The molecule has 0 aliphatic rings. The van der Waals surface area contributed by atoms with Crippen molar-refractivity contribution in [1.29, 1.82) is 0 Å². The van der Waals surface area contributed by atoms with Gasteiger partial charge in [0.1, 0.15) is 5.75 Å². The Labute approximate surface area is 193 Å². The highest BCUT2D eigenvalue weighted by molar-refractivity contribution is 7.92. The van der Waals surface area contributed by atoms with Crippen LogP contribution in [-0.4, -0.2) is 38.3 Å². The van der Waals surface area contributed by atoms with E-state index in [9.17, 15) is 13.2 Å². The molecule has 4 rings (SSSR count). The Hall–Kier alpha value is -3.52. The van der Waals surface area contributed by atoms with E-state index >= 15 is 0 Å². The lowest BCUT2D eigenvalue weighted by molar-refractivity contribution is -0.122. The highest BCUT2D eigenvalue weighted by atomic mass is 32.2. The van der Waals surface area contributed by atoms with Gasteiger partial charge in [-0.05, 0) is 62.4 Å². The number of ether oxygens (including phenoxy) is 1. The summed E-state index contributed by atoms with van der Waals surface area (Å²) in [6.45, 7) is 4.65. The fraction of sp³-hybridized carbons (Fsp3) is 0.240. The Bertz CT molecular complexity index is 1430. The van der Waals surface area contributed by atoms with Gasteiger partial charge in [-0.2, -0.15) is 0 Å². The monoisotopic (exact) mass is 465 g/mol. The van der Waals surface area contributed by atoms with Gasteiger partial charge in [-0.15, -0.1) is 0 Å². The minimum absolute atomic E-state index is 0.272. The number of hydrogen-bond donors (Lipinski definition) is 1. The maximum absolute atomic E-state index is 12.8. The quantitative estimate of drug-likeness (QED) is 0.432. The number of aryl methyl sites for hydroxylation is 1. The van der Waals surface area contributed by atoms with Gasteiger partial charge in [0.05, 0.1) is 11.9 Å². The molecule has 1 N–H and O–H groups in total. The summed E-state index contributed by atoms with van der Waals surface area (Å²) in [5.41, 5.74) is 3.51. The van der Waals surface area contributed by atoms with Crippen LogP contribution in [0.15, 0.2) is 66.7 Å². The van der Waals surface area contributed by atoms with Gasteiger partial charge in [0.2, 0.25) is 10.0 Å². The first kappa shape index (κ1) is 22.7. The van der Waals surface area contributed by atoms with Crippen molar-refractivity contribution in [1.82, 2.24) is 4.57 Å². The number of aromatic nitrogens is 1. The Morgan fingerprint density at radius 3 is 2.36 bits per heavy atom. The van der Waals surface area contributed by atoms with Crippen LogP contribution in [0.3, 0.4) is 0 Å². The summed E-state index contributed by atoms with van der Waals surface area (Å²) in [5, 5.41) is 5.17. The van der Waals surface area contributed by atoms with Gasteiger partial charge in [-0.3, -0.25) is 9.10 Å². The summed E-state index contributed by atoms with van der Waals surface area (Å²) in [5.74, 6) is 0.204. The van der Waals surface area contributed by atoms with Crippen molar-refractivity contribution in [3.63, 3.8) is 0 Å². The molecule has 0 aliphatic carbocycles. The molecule has 8 heteroatoms. The van der Waals surface area contributed by atoms with Crippen LogP contribution in [0.4, 0.5) is 11.4 Å². The second-order valence-electron chi connectivity index (χ2n) is 7.97. The van der Waals surface area contributed by atoms with Gasteiger partial charge in [0, 0.05) is 41.1 Å². The number of hydrogen-bond acceptors (Lipinski definition) is 4. The summed E-state index contributed by atoms with van der Waals surface area (Å²) < 4.78 is 32.5. The molecular weight excluding hydrogens is 438 g/mol. The number of fused-ring (bicyclic) bond motifs is 3. The minimum atomic E-state index is -3.34. The maximum atomic E-state index is 12.8. The molecule has 1 amide bonds. The van der Waals surface area contributed by atoms with Gasteiger partial charge in [-0.1, -0.05) is 18.2 Å². The third-order valence-electron chi connectivity index (χ3n) is 5.74. The number of para-hydroxylation sites is 1. The average molecular weight is 466 g/mol. The molecule has 0 unspecified atom stereocenters. The lowest BCUT2D eigenvalue weighted by Crippen LogP contribution is -2.30. The predicted octanol–water partition coefficient (Wildman–Crippen LogP) is 4.62. The molecule has 0 saturated carbocycles. The first-order valence-electron chi connectivity index (χ1n) is 10.7. The lowest BCUT2D eigenvalue weighted by Gasteiger charge is -2.18. The first-order chi connectivity index (χ1) is 15.7. The highest BCUT2D eigenvalue weighted by Gasteiger charge is 2.17. The van der Waals surface area contributed by atoms with E-state index in [4.69, 9.17) is 4.74 Å². The normalized spacial score (nSPS) is 12.6. The number of carbonyl (C=O) groups is 1. The number of anilines is 2. The van der Waals surface area contributed by atoms with Gasteiger partial charge in [0.15, 0.2) is 6.10 Å². The number of amides is 1. The largest absolute Gasteiger partial charge is 0.481 e. The van der Waals surface area contributed by atoms with Crippen LogP contribution in [0.5, 0.6) is 5.75 Å². The van der Waals surface area contributed by atoms with E-state index in [1.54, 1.807) is 31.2 Å². The Balaban J connectivity index is 1.49. The SMILES string of the molecule is CCn1c2ccccc2c2cc(NC(=O)[C@H](C)Oc3ccc(N(C)S(C)(=O)=O)cc3)ccc21. The van der Waals surface area contributed by atoms with Crippen LogP contribution in [0.2, 0.25) is 0 Å². The summed E-state index contributed by atoms with van der Waals surface area (Å²) in [6.07, 6.45) is 0.400. The molecule has 172 valence electrons. The third-order valence-corrected chi connectivity index (χ3v) is 6.94. The van der Waals surface area contributed by atoms with Crippen LogP contribution in [0, 0.1) is 0 Å². The molecule has 0 fully saturated rings. The number of nitrogens with one attached hydrogen (secondary N) is 1. The van der Waals surface area contributed by atoms with Crippen molar-refractivity contribution < 1.29 is 17.9 Å². The summed E-state index contributed by atoms with van der Waals surface area (Å²) in [4.78, 5) is 12.8. The summed E-state index contributed by atoms with van der Waals surface area (Å²) in [6, 6.07) is 20.7. The zero-order chi connectivity index (χ0) is 23.8. The lowest BCUT2D eigenvalue weighted by atomic mass is 10.1.